The van der Waals surface area contributed by atoms with Gasteiger partial charge in [-0.2, -0.15) is 0 Å². The van der Waals surface area contributed by atoms with Crippen LogP contribution in [-0.2, 0) is 21.4 Å². The molecule has 11 heteroatoms. The van der Waals surface area contributed by atoms with Gasteiger partial charge in [0.15, 0.2) is 16.1 Å². The molecule has 2 aromatic heterocycles. The molecule has 30 heavy (non-hydrogen) atoms. The fraction of sp³-hybridized carbons (Fsp3) is 0.579. The van der Waals surface area contributed by atoms with E-state index in [2.05, 4.69) is 25.2 Å². The number of nitrogens with one attached hydrogen (secondary N) is 2. The molecule has 0 radical (unpaired) electrons. The summed E-state index contributed by atoms with van der Waals surface area (Å²) in [5.41, 5.74) is 0.568. The molecule has 2 fully saturated rings. The van der Waals surface area contributed by atoms with Crippen molar-refractivity contribution in [2.24, 2.45) is 0 Å². The van der Waals surface area contributed by atoms with Gasteiger partial charge in [-0.25, -0.2) is 9.97 Å². The maximum absolute atomic E-state index is 12.6. The van der Waals surface area contributed by atoms with Gasteiger partial charge >= 0.3 is 5.97 Å². The van der Waals surface area contributed by atoms with E-state index < -0.39 is 11.4 Å². The van der Waals surface area contributed by atoms with Crippen LogP contribution in [0.3, 0.4) is 0 Å². The molecule has 0 bridgehead atoms. The number of piperidine rings is 1. The lowest BCUT2D eigenvalue weighted by Gasteiger charge is -2.37. The number of carbonyl (C=O) groups excluding carboxylic acids is 1. The fourth-order valence-electron chi connectivity index (χ4n) is 3.79. The van der Waals surface area contributed by atoms with Gasteiger partial charge in [0.25, 0.3) is 5.91 Å². The Kier molecular flexibility index (Phi) is 5.73. The summed E-state index contributed by atoms with van der Waals surface area (Å²) < 4.78 is 5.64. The normalized spacial score (nSPS) is 22.7. The number of rotatable bonds is 7. The molecule has 0 aromatic carbocycles. The third-order valence-corrected chi connectivity index (χ3v) is 7.10. The van der Waals surface area contributed by atoms with Crippen LogP contribution in [0.5, 0.6) is 0 Å². The van der Waals surface area contributed by atoms with Gasteiger partial charge in [0, 0.05) is 25.6 Å². The van der Waals surface area contributed by atoms with Crippen LogP contribution in [0, 0.1) is 0 Å². The molecule has 1 saturated carbocycles. The van der Waals surface area contributed by atoms with Gasteiger partial charge in [0.2, 0.25) is 0 Å². The van der Waals surface area contributed by atoms with Crippen LogP contribution in [0.2, 0.25) is 5.15 Å². The van der Waals surface area contributed by atoms with Crippen molar-refractivity contribution in [2.45, 2.75) is 50.2 Å². The van der Waals surface area contributed by atoms with Crippen molar-refractivity contribution in [3.8, 4) is 0 Å². The summed E-state index contributed by atoms with van der Waals surface area (Å²) in [4.78, 5) is 37.9. The monoisotopic (exact) mass is 453 g/mol. The van der Waals surface area contributed by atoms with E-state index in [1.165, 1.54) is 11.3 Å². The van der Waals surface area contributed by atoms with E-state index in [9.17, 15) is 14.7 Å². The number of thiazole rings is 1. The molecule has 0 spiro atoms. The van der Waals surface area contributed by atoms with E-state index in [4.69, 9.17) is 16.3 Å². The number of hydrogen-bond donors (Lipinski definition) is 3. The van der Waals surface area contributed by atoms with Crippen LogP contribution in [-0.4, -0.2) is 64.3 Å². The Bertz CT molecular complexity index is 957. The number of carboxylic acid groups (broad SMARTS) is 1. The van der Waals surface area contributed by atoms with Crippen LogP contribution in [0.4, 0.5) is 5.13 Å². The molecule has 162 valence electrons. The maximum Gasteiger partial charge on any atom is 0.315 e. The lowest BCUT2D eigenvalue weighted by Crippen LogP contribution is -2.55. The molecule has 1 aliphatic heterocycles. The molecule has 3 heterocycles. The number of anilines is 1. The zero-order valence-corrected chi connectivity index (χ0v) is 18.3. The Labute approximate surface area is 182 Å². The SMILES string of the molecule is CCc1[nH]c(C(=O)N[C@@H]2CCN(c3nc(C4(C(=O)O)CC4)cs3)C[C@@H]2OC)nc1Cl. The largest absolute Gasteiger partial charge is 0.481 e. The number of carboxylic acids is 1. The summed E-state index contributed by atoms with van der Waals surface area (Å²) in [7, 11) is 1.61. The first-order valence-electron chi connectivity index (χ1n) is 9.90. The Balaban J connectivity index is 1.41. The maximum atomic E-state index is 12.6. The minimum atomic E-state index is -0.806. The van der Waals surface area contributed by atoms with E-state index >= 15 is 0 Å². The number of aromatic nitrogens is 3. The minimum absolute atomic E-state index is 0.180. The highest BCUT2D eigenvalue weighted by Gasteiger charge is 2.53. The van der Waals surface area contributed by atoms with Gasteiger partial charge in [-0.15, -0.1) is 11.3 Å². The van der Waals surface area contributed by atoms with E-state index in [0.717, 1.165) is 10.8 Å². The molecule has 1 amide bonds. The van der Waals surface area contributed by atoms with Crippen LogP contribution in [0.25, 0.3) is 0 Å². The average molecular weight is 454 g/mol. The van der Waals surface area contributed by atoms with Gasteiger partial charge in [-0.05, 0) is 25.7 Å². The summed E-state index contributed by atoms with van der Waals surface area (Å²) >= 11 is 7.49. The summed E-state index contributed by atoms with van der Waals surface area (Å²) in [6.07, 6.45) is 2.36. The lowest BCUT2D eigenvalue weighted by atomic mass is 10.0. The number of methoxy groups -OCH3 is 1. The molecular weight excluding hydrogens is 430 g/mol. The number of amides is 1. The summed E-state index contributed by atoms with van der Waals surface area (Å²) in [5.74, 6) is -0.923. The first-order valence-corrected chi connectivity index (χ1v) is 11.2. The van der Waals surface area contributed by atoms with Gasteiger partial charge in [-0.1, -0.05) is 18.5 Å². The summed E-state index contributed by atoms with van der Waals surface area (Å²) in [6, 6.07) is -0.180. The molecule has 2 aliphatic rings. The predicted molar refractivity (Wildman–Crippen MR) is 113 cm³/mol. The third-order valence-electron chi connectivity index (χ3n) is 5.89. The molecule has 2 aromatic rings. The van der Waals surface area contributed by atoms with Crippen molar-refractivity contribution in [3.63, 3.8) is 0 Å². The molecule has 1 aliphatic carbocycles. The molecule has 4 rings (SSSR count). The molecule has 2 atom stereocenters. The molecule has 1 saturated heterocycles. The van der Waals surface area contributed by atoms with E-state index in [1.807, 2.05) is 12.3 Å². The number of nitrogens with zero attached hydrogens (tertiary/aromatic N) is 3. The lowest BCUT2D eigenvalue weighted by molar-refractivity contribution is -0.140. The van der Waals surface area contributed by atoms with E-state index in [0.29, 0.717) is 49.6 Å². The number of H-pyrrole nitrogens is 1. The zero-order chi connectivity index (χ0) is 21.5. The first-order chi connectivity index (χ1) is 14.4. The van der Waals surface area contributed by atoms with Crippen molar-refractivity contribution in [1.29, 1.82) is 0 Å². The van der Waals surface area contributed by atoms with Crippen molar-refractivity contribution in [2.75, 3.05) is 25.1 Å². The van der Waals surface area contributed by atoms with Crippen molar-refractivity contribution < 1.29 is 19.4 Å². The highest BCUT2D eigenvalue weighted by molar-refractivity contribution is 7.13. The van der Waals surface area contributed by atoms with Gasteiger partial charge < -0.3 is 25.0 Å². The summed E-state index contributed by atoms with van der Waals surface area (Å²) in [6.45, 7) is 3.16. The van der Waals surface area contributed by atoms with Crippen LogP contribution in [0.15, 0.2) is 5.38 Å². The van der Waals surface area contributed by atoms with Gasteiger partial charge in [0.05, 0.1) is 23.5 Å². The Morgan fingerprint density at radius 3 is 2.83 bits per heavy atom. The number of imidazole rings is 1. The first kappa shape index (κ1) is 21.1. The fourth-order valence-corrected chi connectivity index (χ4v) is 5.02. The number of aromatic amines is 1. The number of aliphatic carboxylic acids is 1. The number of ether oxygens (including phenoxy) is 1. The smallest absolute Gasteiger partial charge is 0.315 e. The minimum Gasteiger partial charge on any atom is -0.481 e. The second-order valence-corrected chi connectivity index (χ2v) is 8.89. The molecular formula is C19H24ClN5O4S. The molecule has 3 N–H and O–H groups in total. The Morgan fingerprint density at radius 2 is 2.23 bits per heavy atom. The molecule has 0 unspecified atom stereocenters. The predicted octanol–water partition coefficient (Wildman–Crippen LogP) is 2.22. The van der Waals surface area contributed by atoms with Crippen molar-refractivity contribution >= 4 is 39.9 Å². The van der Waals surface area contributed by atoms with Crippen LogP contribution >= 0.6 is 22.9 Å². The van der Waals surface area contributed by atoms with Gasteiger partial charge in [0.1, 0.15) is 5.41 Å². The second kappa shape index (κ2) is 8.16. The zero-order valence-electron chi connectivity index (χ0n) is 16.8. The number of carbonyl (C=O) groups is 2. The topological polar surface area (TPSA) is 120 Å². The van der Waals surface area contributed by atoms with E-state index in [-0.39, 0.29) is 23.9 Å². The highest BCUT2D eigenvalue weighted by atomic mass is 35.5. The average Bonchev–Trinajstić information content (AvgIpc) is 3.24. The van der Waals surface area contributed by atoms with Crippen molar-refractivity contribution in [1.82, 2.24) is 20.3 Å². The number of aryl methyl sites for hydroxylation is 1. The molecule has 9 nitrogen and oxygen atoms in total. The van der Waals surface area contributed by atoms with Crippen LogP contribution < -0.4 is 10.2 Å². The van der Waals surface area contributed by atoms with E-state index in [1.54, 1.807) is 7.11 Å². The number of halogens is 1. The standard InChI is InChI=1S/C19H24ClN5O4S/c1-3-10-14(20)24-15(21-10)16(26)22-11-4-7-25(8-12(11)29-2)18-23-13(9-30-18)19(5-6-19)17(27)28/h9,11-12H,3-8H2,1-2H3,(H,21,24)(H,22,26)(H,27,28)/t11-,12+/m1/s1. The van der Waals surface area contributed by atoms with Gasteiger partial charge in [-0.3, -0.25) is 9.59 Å². The number of hydrogen-bond acceptors (Lipinski definition) is 7. The summed E-state index contributed by atoms with van der Waals surface area (Å²) in [5, 5.41) is 15.4. The van der Waals surface area contributed by atoms with Crippen molar-refractivity contribution in [3.05, 3.63) is 27.7 Å². The Hall–Kier alpha value is -2.17. The van der Waals surface area contributed by atoms with Crippen LogP contribution in [0.1, 0.15) is 48.2 Å². The second-order valence-electron chi connectivity index (χ2n) is 7.70. The third kappa shape index (κ3) is 3.79. The quantitative estimate of drug-likeness (QED) is 0.587. The highest BCUT2D eigenvalue weighted by Crippen LogP contribution is 2.49. The Morgan fingerprint density at radius 1 is 1.47 bits per heavy atom.